The van der Waals surface area contributed by atoms with Gasteiger partial charge >= 0.3 is 6.03 Å². The SMILES string of the molecule is O=C(N1CC2(CC(Cc3ccc(Cl)cn3)C2)C1)N1CC2(CC(n3cnc(C4(O)CC4)n3)C2)C1. The largest absolute Gasteiger partial charge is 0.382 e. The summed E-state index contributed by atoms with van der Waals surface area (Å²) in [4.78, 5) is 25.7. The molecule has 0 bridgehead atoms. The van der Waals surface area contributed by atoms with Crippen molar-refractivity contribution in [3.05, 3.63) is 41.2 Å². The second-order valence-electron chi connectivity index (χ2n) is 11.6. The molecular formula is C24H29ClN6O2. The molecule has 33 heavy (non-hydrogen) atoms. The van der Waals surface area contributed by atoms with E-state index in [4.69, 9.17) is 11.6 Å². The Bertz CT molecular complexity index is 1080. The molecule has 2 saturated heterocycles. The molecule has 3 aliphatic carbocycles. The lowest BCUT2D eigenvalue weighted by Crippen LogP contribution is -2.71. The van der Waals surface area contributed by atoms with Gasteiger partial charge in [0.25, 0.3) is 0 Å². The molecule has 7 rings (SSSR count). The van der Waals surface area contributed by atoms with E-state index in [1.54, 1.807) is 12.5 Å². The molecule has 2 aromatic rings. The topological polar surface area (TPSA) is 87.4 Å². The number of halogens is 1. The zero-order valence-corrected chi connectivity index (χ0v) is 19.4. The van der Waals surface area contributed by atoms with E-state index in [0.717, 1.165) is 64.0 Å². The highest BCUT2D eigenvalue weighted by Crippen LogP contribution is 2.56. The van der Waals surface area contributed by atoms with Crippen LogP contribution in [-0.2, 0) is 12.0 Å². The maximum Gasteiger partial charge on any atom is 0.320 e. The van der Waals surface area contributed by atoms with Crippen molar-refractivity contribution in [3.8, 4) is 0 Å². The molecule has 2 aliphatic heterocycles. The van der Waals surface area contributed by atoms with Gasteiger partial charge in [0.15, 0.2) is 5.82 Å². The van der Waals surface area contributed by atoms with Crippen molar-refractivity contribution in [2.24, 2.45) is 16.7 Å². The van der Waals surface area contributed by atoms with Crippen LogP contribution in [0.25, 0.3) is 0 Å². The summed E-state index contributed by atoms with van der Waals surface area (Å²) in [7, 11) is 0. The van der Waals surface area contributed by atoms with Gasteiger partial charge in [0, 0.05) is 48.9 Å². The van der Waals surface area contributed by atoms with Gasteiger partial charge in [-0.2, -0.15) is 5.10 Å². The van der Waals surface area contributed by atoms with Gasteiger partial charge in [-0.25, -0.2) is 14.5 Å². The predicted octanol–water partition coefficient (Wildman–Crippen LogP) is 3.02. The number of likely N-dealkylation sites (tertiary alicyclic amines) is 2. The zero-order chi connectivity index (χ0) is 22.4. The number of pyridine rings is 1. The molecule has 0 atom stereocenters. The second-order valence-corrected chi connectivity index (χ2v) is 12.0. The first-order valence-corrected chi connectivity index (χ1v) is 12.5. The summed E-state index contributed by atoms with van der Waals surface area (Å²) in [6, 6.07) is 4.50. The van der Waals surface area contributed by atoms with Crippen molar-refractivity contribution in [2.45, 2.75) is 56.6 Å². The van der Waals surface area contributed by atoms with Crippen molar-refractivity contribution in [2.75, 3.05) is 26.2 Å². The van der Waals surface area contributed by atoms with Gasteiger partial charge in [0.2, 0.25) is 0 Å². The number of urea groups is 1. The van der Waals surface area contributed by atoms with Crippen molar-refractivity contribution in [1.29, 1.82) is 0 Å². The van der Waals surface area contributed by atoms with Crippen LogP contribution in [0.4, 0.5) is 4.79 Å². The Morgan fingerprint density at radius 2 is 1.70 bits per heavy atom. The third kappa shape index (κ3) is 3.28. The minimum absolute atomic E-state index is 0.219. The van der Waals surface area contributed by atoms with Gasteiger partial charge in [0.1, 0.15) is 11.9 Å². The summed E-state index contributed by atoms with van der Waals surface area (Å²) >= 11 is 5.93. The fourth-order valence-corrected chi connectivity index (χ4v) is 6.89. The summed E-state index contributed by atoms with van der Waals surface area (Å²) < 4.78 is 1.92. The van der Waals surface area contributed by atoms with Gasteiger partial charge < -0.3 is 14.9 Å². The van der Waals surface area contributed by atoms with Crippen LogP contribution >= 0.6 is 11.6 Å². The van der Waals surface area contributed by atoms with Crippen LogP contribution in [0.15, 0.2) is 24.7 Å². The van der Waals surface area contributed by atoms with Crippen molar-refractivity contribution in [1.82, 2.24) is 29.5 Å². The zero-order valence-electron chi connectivity index (χ0n) is 18.7. The lowest BCUT2D eigenvalue weighted by molar-refractivity contribution is -0.107. The maximum atomic E-state index is 12.9. The number of aromatic nitrogens is 4. The Morgan fingerprint density at radius 3 is 2.30 bits per heavy atom. The van der Waals surface area contributed by atoms with Gasteiger partial charge in [0.05, 0.1) is 11.1 Å². The highest BCUT2D eigenvalue weighted by molar-refractivity contribution is 6.30. The van der Waals surface area contributed by atoms with Gasteiger partial charge in [-0.1, -0.05) is 11.6 Å². The molecule has 5 fully saturated rings. The maximum absolute atomic E-state index is 12.9. The molecule has 9 heteroatoms. The van der Waals surface area contributed by atoms with E-state index < -0.39 is 5.60 Å². The highest BCUT2D eigenvalue weighted by Gasteiger charge is 2.58. The molecule has 4 heterocycles. The number of hydrogen-bond acceptors (Lipinski definition) is 5. The summed E-state index contributed by atoms with van der Waals surface area (Å²) in [6.45, 7) is 3.55. The average Bonchev–Trinajstić information content (AvgIpc) is 3.23. The number of aliphatic hydroxyl groups is 1. The van der Waals surface area contributed by atoms with E-state index in [2.05, 4.69) is 15.1 Å². The predicted molar refractivity (Wildman–Crippen MR) is 121 cm³/mol. The monoisotopic (exact) mass is 468 g/mol. The smallest absolute Gasteiger partial charge is 0.320 e. The number of amides is 2. The minimum atomic E-state index is -0.770. The van der Waals surface area contributed by atoms with Crippen LogP contribution in [0.1, 0.15) is 56.1 Å². The number of hydrogen-bond donors (Lipinski definition) is 1. The summed E-state index contributed by atoms with van der Waals surface area (Å²) in [5.41, 5.74) is 0.960. The van der Waals surface area contributed by atoms with Gasteiger partial charge in [-0.15, -0.1) is 0 Å². The van der Waals surface area contributed by atoms with Crippen LogP contribution in [0, 0.1) is 16.7 Å². The molecular weight excluding hydrogens is 440 g/mol. The molecule has 0 unspecified atom stereocenters. The normalized spacial score (nSPS) is 26.5. The van der Waals surface area contributed by atoms with E-state index in [9.17, 15) is 9.90 Å². The van der Waals surface area contributed by atoms with Crippen LogP contribution in [0.3, 0.4) is 0 Å². The van der Waals surface area contributed by atoms with Crippen LogP contribution < -0.4 is 0 Å². The Labute approximate surface area is 197 Å². The van der Waals surface area contributed by atoms with Crippen LogP contribution in [-0.4, -0.2) is 66.9 Å². The molecule has 2 spiro atoms. The molecule has 174 valence electrons. The first kappa shape index (κ1) is 20.2. The Kier molecular flexibility index (Phi) is 4.10. The first-order chi connectivity index (χ1) is 15.8. The lowest BCUT2D eigenvalue weighted by atomic mass is 9.56. The molecule has 1 N–H and O–H groups in total. The lowest BCUT2D eigenvalue weighted by Gasteiger charge is -2.63. The number of carbonyl (C=O) groups is 1. The first-order valence-electron chi connectivity index (χ1n) is 12.1. The number of carbonyl (C=O) groups excluding carboxylic acids is 1. The van der Waals surface area contributed by atoms with Gasteiger partial charge in [-0.05, 0) is 63.0 Å². The Balaban J connectivity index is 0.854. The van der Waals surface area contributed by atoms with Crippen molar-refractivity contribution in [3.63, 3.8) is 0 Å². The van der Waals surface area contributed by atoms with E-state index in [1.165, 1.54) is 12.8 Å². The average molecular weight is 469 g/mol. The quantitative estimate of drug-likeness (QED) is 0.745. The van der Waals surface area contributed by atoms with Crippen molar-refractivity contribution < 1.29 is 9.90 Å². The molecule has 3 saturated carbocycles. The van der Waals surface area contributed by atoms with E-state index in [0.29, 0.717) is 28.2 Å². The number of rotatable bonds is 4. The third-order valence-electron chi connectivity index (χ3n) is 8.74. The standard InChI is InChI=1S/C24H29ClN6O2/c25-17-1-2-18(26-10-17)5-16-6-22(7-16)11-29(12-22)21(32)30-13-23(14-30)8-19(9-23)31-15-27-20(28-31)24(33)3-4-24/h1-2,10,15-16,19,33H,3-9,11-14H2. The van der Waals surface area contributed by atoms with E-state index in [-0.39, 0.29) is 11.4 Å². The third-order valence-corrected chi connectivity index (χ3v) is 8.96. The van der Waals surface area contributed by atoms with Crippen LogP contribution in [0.5, 0.6) is 0 Å². The molecule has 0 radical (unpaired) electrons. The molecule has 2 aromatic heterocycles. The van der Waals surface area contributed by atoms with E-state index in [1.807, 2.05) is 26.6 Å². The van der Waals surface area contributed by atoms with E-state index >= 15 is 0 Å². The van der Waals surface area contributed by atoms with Crippen molar-refractivity contribution >= 4 is 17.6 Å². The fraction of sp³-hybridized carbons (Fsp3) is 0.667. The Morgan fingerprint density at radius 1 is 1.03 bits per heavy atom. The molecule has 5 aliphatic rings. The molecule has 2 amide bonds. The summed E-state index contributed by atoms with van der Waals surface area (Å²) in [5, 5.41) is 15.4. The molecule has 8 nitrogen and oxygen atoms in total. The number of nitrogens with zero attached hydrogens (tertiary/aromatic N) is 6. The Hall–Kier alpha value is -2.19. The summed E-state index contributed by atoms with van der Waals surface area (Å²) in [5.74, 6) is 1.25. The minimum Gasteiger partial charge on any atom is -0.382 e. The highest BCUT2D eigenvalue weighted by atomic mass is 35.5. The van der Waals surface area contributed by atoms with Crippen LogP contribution in [0.2, 0.25) is 5.02 Å². The fourth-order valence-electron chi connectivity index (χ4n) is 6.78. The van der Waals surface area contributed by atoms with Gasteiger partial charge in [-0.3, -0.25) is 4.98 Å². The second kappa shape index (κ2) is 6.69. The summed E-state index contributed by atoms with van der Waals surface area (Å²) in [6.07, 6.45) is 10.5. The molecule has 0 aromatic carbocycles.